The van der Waals surface area contributed by atoms with Gasteiger partial charge in [0.15, 0.2) is 24.4 Å². The fourth-order valence-electron chi connectivity index (χ4n) is 13.4. The van der Waals surface area contributed by atoms with E-state index in [0.29, 0.717) is 89.6 Å². The van der Waals surface area contributed by atoms with E-state index < -0.39 is 170 Å². The third-order valence-corrected chi connectivity index (χ3v) is 19.4. The Kier molecular flexibility index (Phi) is 40.4. The number of para-hydroxylation sites is 3. The number of aliphatic hydroxyl groups excluding tert-OH is 3. The zero-order chi connectivity index (χ0) is 90.9. The summed E-state index contributed by atoms with van der Waals surface area (Å²) >= 11 is 0. The van der Waals surface area contributed by atoms with E-state index in [1.807, 2.05) is 6.07 Å². The van der Waals surface area contributed by atoms with E-state index in [9.17, 15) is 73.2 Å². The van der Waals surface area contributed by atoms with Crippen molar-refractivity contribution in [2.45, 2.75) is 187 Å². The van der Waals surface area contributed by atoms with Crippen LogP contribution in [0.4, 0.5) is 17.1 Å². The molecule has 0 bridgehead atoms. The molecule has 3 aliphatic heterocycles. The minimum Gasteiger partial charge on any atom is -0.542 e. The number of carboxylic acids is 1. The Bertz CT molecular complexity index is 4930. The molecule has 3 aliphatic rings. The Hall–Kier alpha value is -12.8. The molecule has 9 rings (SSSR count). The number of esters is 8. The van der Waals surface area contributed by atoms with Crippen LogP contribution in [-0.4, -0.2) is 228 Å². The second-order valence-corrected chi connectivity index (χ2v) is 28.5. The fourth-order valence-corrected chi connectivity index (χ4v) is 13.4. The minimum atomic E-state index is -1.61. The number of ether oxygens (including phenoxy) is 11. The summed E-state index contributed by atoms with van der Waals surface area (Å²) in [5.41, 5.74) is 27.5. The molecular weight excluding hydrogens is 1650 g/mol. The maximum absolute atomic E-state index is 12.7. The van der Waals surface area contributed by atoms with Crippen molar-refractivity contribution >= 4 is 82.6 Å². The van der Waals surface area contributed by atoms with Gasteiger partial charge in [-0.05, 0) is 73.2 Å². The van der Waals surface area contributed by atoms with E-state index in [0.717, 1.165) is 33.6 Å². The zero-order valence-corrected chi connectivity index (χ0v) is 72.8. The molecular formula is C80H99N18NaO26. The van der Waals surface area contributed by atoms with Crippen molar-refractivity contribution in [2.75, 3.05) is 63.5 Å². The molecule has 0 unspecified atom stereocenters. The summed E-state index contributed by atoms with van der Waals surface area (Å²) in [5.74, 6) is -10.4. The van der Waals surface area contributed by atoms with Gasteiger partial charge >= 0.3 is 77.3 Å². The number of nitrogens with one attached hydrogen (secondary N) is 2. The average molecular weight is 1750 g/mol. The second kappa shape index (κ2) is 50.1. The molecule has 7 N–H and O–H groups in total. The number of aliphatic hydroxyl groups is 3. The summed E-state index contributed by atoms with van der Waals surface area (Å²) in [6.45, 7) is 11.3. The van der Waals surface area contributed by atoms with Gasteiger partial charge in [-0.1, -0.05) is 114 Å². The number of allylic oxidation sites excluding steroid dienone is 3. The Balaban J connectivity index is 0.000000291. The van der Waals surface area contributed by atoms with Crippen LogP contribution in [0.2, 0.25) is 0 Å². The molecule has 0 aliphatic carbocycles. The van der Waals surface area contributed by atoms with E-state index in [1.54, 1.807) is 106 Å². The number of carbonyl (C=O) groups excluding carboxylic acids is 11. The van der Waals surface area contributed by atoms with Gasteiger partial charge in [0.05, 0.1) is 68.9 Å². The van der Waals surface area contributed by atoms with Crippen LogP contribution < -0.4 is 51.0 Å². The number of unbranched alkanes of at least 4 members (excludes halogenated alkanes) is 4. The maximum Gasteiger partial charge on any atom is 1.00 e. The number of carboxylic acid groups (broad SMARTS) is 1. The molecule has 6 heterocycles. The van der Waals surface area contributed by atoms with Gasteiger partial charge in [0.2, 0.25) is 23.3 Å². The van der Waals surface area contributed by atoms with Crippen LogP contribution in [0.25, 0.3) is 54.7 Å². The number of hydrogen-bond acceptors (Lipinski definition) is 35. The third-order valence-electron chi connectivity index (χ3n) is 19.4. The smallest absolute Gasteiger partial charge is 0.542 e. The molecule has 44 nitrogen and oxygen atoms in total. The van der Waals surface area contributed by atoms with Gasteiger partial charge in [-0.25, -0.2) is 23.6 Å². The van der Waals surface area contributed by atoms with Crippen molar-refractivity contribution < 1.29 is 155 Å². The molecule has 0 saturated heterocycles. The topological polar surface area (TPSA) is 613 Å². The molecule has 0 saturated carbocycles. The average Bonchev–Trinajstić information content (AvgIpc) is 1.62. The third kappa shape index (κ3) is 29.7. The van der Waals surface area contributed by atoms with E-state index in [1.165, 1.54) is 67.3 Å². The quantitative estimate of drug-likeness (QED) is 0.00474. The number of nitrogens with two attached hydrogens (primary N) is 1. The van der Waals surface area contributed by atoms with E-state index >= 15 is 0 Å². The molecule has 6 aromatic rings. The number of amides is 2. The van der Waals surface area contributed by atoms with Gasteiger partial charge in [-0.2, -0.15) is 0 Å². The summed E-state index contributed by atoms with van der Waals surface area (Å²) in [7, 11) is 2.36. The number of anilines is 3. The van der Waals surface area contributed by atoms with E-state index in [2.05, 4.69) is 61.6 Å². The molecule has 15 atom stereocenters. The summed E-state index contributed by atoms with van der Waals surface area (Å²) in [5, 5.41) is 79.2. The van der Waals surface area contributed by atoms with E-state index in [4.69, 9.17) is 68.9 Å². The predicted octanol–water partition coefficient (Wildman–Crippen LogP) is 3.08. The normalized spacial score (nSPS) is 19.3. The molecule has 0 spiro atoms. The van der Waals surface area contributed by atoms with Crippen LogP contribution in [-0.2, 0) is 105 Å². The number of aromatic nitrogens is 9. The summed E-state index contributed by atoms with van der Waals surface area (Å²) in [6, 6.07) is 19.1. The monoisotopic (exact) mass is 1750 g/mol. The molecule has 45 heteroatoms. The van der Waals surface area contributed by atoms with Crippen molar-refractivity contribution in [1.29, 1.82) is 0 Å². The first-order valence-electron chi connectivity index (χ1n) is 39.1. The molecule has 3 aromatic carbocycles. The SMILES string of the molecule is COC(=O)C1=C[C@H](n2cc(-c3ccccc3N)nn2)[C@@H](C)[C@H]([C@H](OC(C)=O)[C@@H](COC(C)=O)OC(C)=O)O1.COC(=O)C1=C[C@H](n2cc(-c3ccccc3NC(=O)CCCCCN=[N+]=[N-])nn2)[C@@H](C)[C@H]([C@H](OC(C)=O)[C@@H](COC(C)=O)OC(C)=O)O1.C[C@H]1[C@H]([C@H](O)[C@H](O)CO)OC(C(=O)[O-])=C[C@@H]1n1cc(-c2ccccc2NC(=O)CCCCCN=[N+]=[N-])nn1.[Na+]. The van der Waals surface area contributed by atoms with Gasteiger partial charge in [-0.3, -0.25) is 38.4 Å². The number of nitrogens with zero attached hydrogens (tertiary/aromatic N) is 15. The molecule has 666 valence electrons. The first kappa shape index (κ1) is 101. The Labute approximate surface area is 738 Å². The molecule has 125 heavy (non-hydrogen) atoms. The predicted molar refractivity (Wildman–Crippen MR) is 430 cm³/mol. The van der Waals surface area contributed by atoms with Crippen molar-refractivity contribution in [3.63, 3.8) is 0 Å². The van der Waals surface area contributed by atoms with E-state index in [-0.39, 0.29) is 65.7 Å². The molecule has 2 amide bonds. The number of azide groups is 2. The zero-order valence-electron chi connectivity index (χ0n) is 70.8. The van der Waals surface area contributed by atoms with Crippen LogP contribution in [0.5, 0.6) is 0 Å². The maximum atomic E-state index is 12.7. The number of aliphatic carboxylic acids is 1. The van der Waals surface area contributed by atoms with Gasteiger partial charge in [0.1, 0.15) is 72.5 Å². The fraction of sp³-hybridized carbons (Fsp3) is 0.487. The molecule has 0 fully saturated rings. The largest absolute Gasteiger partial charge is 1.00 e. The van der Waals surface area contributed by atoms with Crippen molar-refractivity contribution in [3.8, 4) is 33.8 Å². The Morgan fingerprint density at radius 2 is 0.864 bits per heavy atom. The summed E-state index contributed by atoms with van der Waals surface area (Å²) < 4.78 is 63.4. The van der Waals surface area contributed by atoms with Crippen LogP contribution in [0.15, 0.2) is 137 Å². The molecule has 3 aromatic heterocycles. The van der Waals surface area contributed by atoms with Crippen LogP contribution in [0, 0.1) is 17.8 Å². The molecule has 0 radical (unpaired) electrons. The number of hydrogen-bond donors (Lipinski definition) is 6. The van der Waals surface area contributed by atoms with Crippen LogP contribution in [0.3, 0.4) is 0 Å². The van der Waals surface area contributed by atoms with Crippen LogP contribution >= 0.6 is 0 Å². The van der Waals surface area contributed by atoms with Crippen LogP contribution in [0.1, 0.15) is 132 Å². The Morgan fingerprint density at radius 1 is 0.512 bits per heavy atom. The summed E-state index contributed by atoms with van der Waals surface area (Å²) in [6.07, 6.45) is 2.24. The minimum absolute atomic E-state index is 0. The summed E-state index contributed by atoms with van der Waals surface area (Å²) in [4.78, 5) is 139. The first-order chi connectivity index (χ1) is 59.2. The number of carbonyl (C=O) groups is 11. The van der Waals surface area contributed by atoms with Crippen molar-refractivity contribution in [3.05, 3.63) is 148 Å². The first-order valence-corrected chi connectivity index (χ1v) is 39.1. The number of rotatable bonds is 38. The van der Waals surface area contributed by atoms with Gasteiger partial charge in [0, 0.05) is 117 Å². The van der Waals surface area contributed by atoms with Gasteiger partial charge < -0.3 is 93.7 Å². The number of benzene rings is 3. The van der Waals surface area contributed by atoms with Gasteiger partial charge in [0.25, 0.3) is 0 Å². The number of methoxy groups -OCH3 is 2. The second-order valence-electron chi connectivity index (χ2n) is 28.5. The van der Waals surface area contributed by atoms with Crippen molar-refractivity contribution in [2.24, 2.45) is 28.0 Å². The number of nitrogen functional groups attached to an aromatic ring is 1. The Morgan fingerprint density at radius 3 is 1.22 bits per heavy atom. The standard InChI is InChI=1S/C31H39N7O10.C25H30N4O9.C24H31N7O7.Na/c1-18-25(15-26(31(43)44-5)48-29(18)30(47-21(4)41)27(46-20(3)40)17-45-19(2)39)38-16-24(35-37-38)22-11-8-9-12-23(22)34-28(42)13-7-6-10-14-33-36-32;1-13-20(29-11-19(27-28-29)17-8-6-7-9-18(17)26)10-21(25(33)34-5)38-23(13)24(37-16(4)32)22(36-15(3)31)12-35-14(2)30;1-14-18(11-20(24(36)37)38-23(14)22(35)19(33)13-32)31-12-17(28-30-31)15-7-4-5-8-16(15)27-21(34)9-3-2-6-10-26-29-25;/h8-9,11-12,15-16,18,25,27,29-30H,6-7,10,13-14,17H2,1-5H3,(H,34,42);6-11,13,20,22-24H,12,26H2,1-5H3;4-5,7-8,11-12,14,18-19,22-23,32-33,35H,2-3,6,9-10,13H2,1H3,(H,27,34)(H,36,37);/q;;;+1/p-1/t18-,25+,27-,29-,30-;13-,20+,22-,23-,24-;14-,18+,19-,22-,23-;/m111./s1. The van der Waals surface area contributed by atoms with Crippen molar-refractivity contribution in [1.82, 2.24) is 45.0 Å². The van der Waals surface area contributed by atoms with Gasteiger partial charge in [-0.15, -0.1) is 15.3 Å².